The van der Waals surface area contributed by atoms with Gasteiger partial charge in [0, 0.05) is 6.61 Å². The van der Waals surface area contributed by atoms with Crippen LogP contribution in [-0.4, -0.2) is 40.1 Å². The van der Waals surface area contributed by atoms with Gasteiger partial charge in [0.15, 0.2) is 0 Å². The summed E-state index contributed by atoms with van der Waals surface area (Å²) in [6, 6.07) is 0. The van der Waals surface area contributed by atoms with E-state index in [1.54, 1.807) is 11.5 Å². The van der Waals surface area contributed by atoms with Gasteiger partial charge in [-0.3, -0.25) is 0 Å². The summed E-state index contributed by atoms with van der Waals surface area (Å²) in [5.41, 5.74) is 0. The summed E-state index contributed by atoms with van der Waals surface area (Å²) < 4.78 is 12.4. The molecule has 0 spiro atoms. The molecule has 1 aromatic rings. The summed E-state index contributed by atoms with van der Waals surface area (Å²) in [6.07, 6.45) is 3.43. The van der Waals surface area contributed by atoms with Crippen LogP contribution in [-0.2, 0) is 16.0 Å². The summed E-state index contributed by atoms with van der Waals surface area (Å²) in [5, 5.41) is 7.82. The number of aryl methyl sites for hydroxylation is 1. The number of carbonyl (C=O) groups excluding carboxylic acids is 1. The van der Waals surface area contributed by atoms with E-state index in [2.05, 4.69) is 10.2 Å². The largest absolute Gasteiger partial charge is 0.460 e. The molecular formula is C12H19N3O3. The van der Waals surface area contributed by atoms with Crippen molar-refractivity contribution < 1.29 is 14.3 Å². The van der Waals surface area contributed by atoms with E-state index in [0.29, 0.717) is 19.0 Å². The van der Waals surface area contributed by atoms with Crippen molar-refractivity contribution >= 4 is 5.97 Å². The number of aromatic nitrogens is 3. The van der Waals surface area contributed by atoms with Crippen molar-refractivity contribution in [2.45, 2.75) is 45.8 Å². The number of carbonyl (C=O) groups is 1. The lowest BCUT2D eigenvalue weighted by molar-refractivity contribution is 0.00465. The number of nitrogens with zero attached hydrogens (tertiary/aromatic N) is 3. The van der Waals surface area contributed by atoms with Crippen molar-refractivity contribution in [3.05, 3.63) is 11.6 Å². The Hall–Kier alpha value is -1.43. The second-order valence-electron chi connectivity index (χ2n) is 4.39. The fraction of sp³-hybridized carbons (Fsp3) is 0.750. The van der Waals surface area contributed by atoms with Crippen LogP contribution < -0.4 is 0 Å². The standard InChI is InChI=1S/C12H19N3O3/c1-3-17-12(16)11-14-13-9(2)15(11)8-10-6-4-5-7-18-10/h10H,3-8H2,1-2H3. The Balaban J connectivity index is 2.10. The number of esters is 1. The summed E-state index contributed by atoms with van der Waals surface area (Å²) in [6.45, 7) is 5.35. The third kappa shape index (κ3) is 2.87. The molecule has 0 bridgehead atoms. The van der Waals surface area contributed by atoms with Crippen LogP contribution in [0.1, 0.15) is 42.6 Å². The molecule has 100 valence electrons. The van der Waals surface area contributed by atoms with Gasteiger partial charge in [-0.05, 0) is 33.1 Å². The average molecular weight is 253 g/mol. The first-order valence-electron chi connectivity index (χ1n) is 6.41. The van der Waals surface area contributed by atoms with E-state index < -0.39 is 5.97 Å². The summed E-state index contributed by atoms with van der Waals surface area (Å²) in [5.74, 6) is 0.560. The molecule has 2 rings (SSSR count). The molecule has 2 heterocycles. The van der Waals surface area contributed by atoms with Crippen molar-refractivity contribution in [2.75, 3.05) is 13.2 Å². The Kier molecular flexibility index (Phi) is 4.30. The Labute approximate surface area is 106 Å². The molecule has 18 heavy (non-hydrogen) atoms. The number of hydrogen-bond donors (Lipinski definition) is 0. The Bertz CT molecular complexity index is 411. The van der Waals surface area contributed by atoms with E-state index in [-0.39, 0.29) is 11.9 Å². The van der Waals surface area contributed by atoms with Crippen molar-refractivity contribution in [1.29, 1.82) is 0 Å². The lowest BCUT2D eigenvalue weighted by atomic mass is 10.1. The zero-order chi connectivity index (χ0) is 13.0. The Morgan fingerprint density at radius 1 is 1.50 bits per heavy atom. The molecule has 1 fully saturated rings. The Morgan fingerprint density at radius 2 is 2.33 bits per heavy atom. The van der Waals surface area contributed by atoms with Gasteiger partial charge < -0.3 is 14.0 Å². The van der Waals surface area contributed by atoms with Crippen molar-refractivity contribution in [2.24, 2.45) is 0 Å². The van der Waals surface area contributed by atoms with E-state index in [1.807, 2.05) is 6.92 Å². The molecule has 1 aliphatic rings. The van der Waals surface area contributed by atoms with Crippen LogP contribution in [0, 0.1) is 6.92 Å². The van der Waals surface area contributed by atoms with E-state index in [4.69, 9.17) is 9.47 Å². The summed E-state index contributed by atoms with van der Waals surface area (Å²) in [7, 11) is 0. The minimum Gasteiger partial charge on any atom is -0.460 e. The van der Waals surface area contributed by atoms with Crippen LogP contribution in [0.5, 0.6) is 0 Å². The molecule has 0 radical (unpaired) electrons. The molecule has 0 saturated carbocycles. The SMILES string of the molecule is CCOC(=O)c1nnc(C)n1CC1CCCCO1. The minimum absolute atomic E-state index is 0.140. The second-order valence-corrected chi connectivity index (χ2v) is 4.39. The van der Waals surface area contributed by atoms with Gasteiger partial charge in [-0.15, -0.1) is 10.2 Å². The summed E-state index contributed by atoms with van der Waals surface area (Å²) >= 11 is 0. The van der Waals surface area contributed by atoms with E-state index >= 15 is 0 Å². The van der Waals surface area contributed by atoms with Gasteiger partial charge in [0.25, 0.3) is 0 Å². The van der Waals surface area contributed by atoms with Gasteiger partial charge in [0.1, 0.15) is 5.82 Å². The highest BCUT2D eigenvalue weighted by Crippen LogP contribution is 2.16. The first kappa shape index (κ1) is 13.0. The van der Waals surface area contributed by atoms with Crippen molar-refractivity contribution in [3.63, 3.8) is 0 Å². The highest BCUT2D eigenvalue weighted by atomic mass is 16.5. The van der Waals surface area contributed by atoms with Crippen LogP contribution in [0.3, 0.4) is 0 Å². The van der Waals surface area contributed by atoms with E-state index in [0.717, 1.165) is 19.4 Å². The normalized spacial score (nSPS) is 19.8. The molecule has 0 N–H and O–H groups in total. The molecule has 6 heteroatoms. The number of hydrogen-bond acceptors (Lipinski definition) is 5. The molecule has 1 atom stereocenters. The van der Waals surface area contributed by atoms with Crippen LogP contribution >= 0.6 is 0 Å². The minimum atomic E-state index is -0.422. The second kappa shape index (κ2) is 5.95. The zero-order valence-electron chi connectivity index (χ0n) is 10.9. The topological polar surface area (TPSA) is 66.2 Å². The monoisotopic (exact) mass is 253 g/mol. The molecular weight excluding hydrogens is 234 g/mol. The highest BCUT2D eigenvalue weighted by molar-refractivity contribution is 5.85. The van der Waals surface area contributed by atoms with Crippen molar-refractivity contribution in [1.82, 2.24) is 14.8 Å². The predicted molar refractivity (Wildman–Crippen MR) is 64.3 cm³/mol. The van der Waals surface area contributed by atoms with Gasteiger partial charge in [0.05, 0.1) is 19.3 Å². The molecule has 1 aromatic heterocycles. The first-order chi connectivity index (χ1) is 8.72. The average Bonchev–Trinajstić information content (AvgIpc) is 2.73. The quantitative estimate of drug-likeness (QED) is 0.757. The molecule has 0 amide bonds. The van der Waals surface area contributed by atoms with Gasteiger partial charge in [0.2, 0.25) is 5.82 Å². The smallest absolute Gasteiger partial charge is 0.376 e. The third-order valence-electron chi connectivity index (χ3n) is 3.05. The van der Waals surface area contributed by atoms with Crippen molar-refractivity contribution in [3.8, 4) is 0 Å². The molecule has 1 aliphatic heterocycles. The lowest BCUT2D eigenvalue weighted by Crippen LogP contribution is -2.27. The number of rotatable bonds is 4. The first-order valence-corrected chi connectivity index (χ1v) is 6.41. The maximum Gasteiger partial charge on any atom is 0.376 e. The molecule has 0 aliphatic carbocycles. The fourth-order valence-electron chi connectivity index (χ4n) is 2.10. The third-order valence-corrected chi connectivity index (χ3v) is 3.05. The highest BCUT2D eigenvalue weighted by Gasteiger charge is 2.22. The van der Waals surface area contributed by atoms with Gasteiger partial charge in [-0.25, -0.2) is 4.79 Å². The maximum atomic E-state index is 11.7. The van der Waals surface area contributed by atoms with Crippen LogP contribution in [0.15, 0.2) is 0 Å². The van der Waals surface area contributed by atoms with Gasteiger partial charge in [-0.1, -0.05) is 0 Å². The predicted octanol–water partition coefficient (Wildman–Crippen LogP) is 1.33. The van der Waals surface area contributed by atoms with E-state index in [1.165, 1.54) is 6.42 Å². The molecule has 1 unspecified atom stereocenters. The van der Waals surface area contributed by atoms with Gasteiger partial charge in [-0.2, -0.15) is 0 Å². The zero-order valence-corrected chi connectivity index (χ0v) is 10.9. The Morgan fingerprint density at radius 3 is 3.00 bits per heavy atom. The van der Waals surface area contributed by atoms with Gasteiger partial charge >= 0.3 is 5.97 Å². The van der Waals surface area contributed by atoms with Crippen LogP contribution in [0.25, 0.3) is 0 Å². The molecule has 1 saturated heterocycles. The summed E-state index contributed by atoms with van der Waals surface area (Å²) in [4.78, 5) is 11.7. The van der Waals surface area contributed by atoms with E-state index in [9.17, 15) is 4.79 Å². The van der Waals surface area contributed by atoms with Crippen LogP contribution in [0.2, 0.25) is 0 Å². The fourth-order valence-corrected chi connectivity index (χ4v) is 2.10. The maximum absolute atomic E-state index is 11.7. The van der Waals surface area contributed by atoms with Crippen LogP contribution in [0.4, 0.5) is 0 Å². The molecule has 0 aromatic carbocycles. The lowest BCUT2D eigenvalue weighted by Gasteiger charge is -2.23. The number of ether oxygens (including phenoxy) is 2. The molecule has 6 nitrogen and oxygen atoms in total.